The van der Waals surface area contributed by atoms with E-state index < -0.39 is 0 Å². The lowest BCUT2D eigenvalue weighted by Crippen LogP contribution is -2.61. The summed E-state index contributed by atoms with van der Waals surface area (Å²) in [5.74, 6) is 1.95. The summed E-state index contributed by atoms with van der Waals surface area (Å²) in [6.45, 7) is 3.70. The predicted octanol–water partition coefficient (Wildman–Crippen LogP) is 3.78. The summed E-state index contributed by atoms with van der Waals surface area (Å²) in [6, 6.07) is 12.2. The number of rotatable bonds is 3. The molecule has 5 saturated carbocycles. The van der Waals surface area contributed by atoms with E-state index in [4.69, 9.17) is 0 Å². The van der Waals surface area contributed by atoms with Gasteiger partial charge in [0.2, 0.25) is 5.91 Å². The molecule has 8 atom stereocenters. The van der Waals surface area contributed by atoms with Crippen LogP contribution in [-0.4, -0.2) is 24.5 Å². The van der Waals surface area contributed by atoms with Crippen molar-refractivity contribution in [1.82, 2.24) is 10.6 Å². The first-order valence-electron chi connectivity index (χ1n) is 11.6. The SMILES string of the molecule is CC12CC3CC4(C(=O)NC5CC6CNC5C6)CC(c5ccccc5)(C1)C2(C3)C4. The fourth-order valence-corrected chi connectivity index (χ4v) is 9.96. The average molecular weight is 377 g/mol. The molecule has 148 valence electrons. The second-order valence-corrected chi connectivity index (χ2v) is 11.8. The standard InChI is InChI=1S/C25H32N2O/c1-22-9-17-10-23(21(28)27-20-8-16-7-19(20)26-12-16)14-24(13-22,25(22,11-17)15-23)18-5-3-2-4-6-18/h2-6,16-17,19-20,26H,7-15H2,1H3,(H,27,28). The topological polar surface area (TPSA) is 41.1 Å². The Balaban J connectivity index is 1.27. The van der Waals surface area contributed by atoms with Gasteiger partial charge in [0.05, 0.1) is 5.41 Å². The van der Waals surface area contributed by atoms with Crippen molar-refractivity contribution in [3.05, 3.63) is 35.9 Å². The Morgan fingerprint density at radius 2 is 1.89 bits per heavy atom. The lowest BCUT2D eigenvalue weighted by Gasteiger charge is -2.66. The van der Waals surface area contributed by atoms with E-state index in [2.05, 4.69) is 47.9 Å². The van der Waals surface area contributed by atoms with E-state index in [1.54, 1.807) is 0 Å². The lowest BCUT2D eigenvalue weighted by molar-refractivity contribution is -0.135. The normalized spacial score (nSPS) is 54.6. The van der Waals surface area contributed by atoms with Crippen LogP contribution in [0.25, 0.3) is 0 Å². The molecule has 0 radical (unpaired) electrons. The van der Waals surface area contributed by atoms with Crippen LogP contribution in [0.2, 0.25) is 0 Å². The fourth-order valence-electron chi connectivity index (χ4n) is 9.96. The lowest BCUT2D eigenvalue weighted by atomic mass is 9.38. The number of benzene rings is 1. The van der Waals surface area contributed by atoms with Gasteiger partial charge >= 0.3 is 0 Å². The molecule has 0 aromatic heterocycles. The summed E-state index contributed by atoms with van der Waals surface area (Å²) in [5.41, 5.74) is 2.48. The Morgan fingerprint density at radius 3 is 2.64 bits per heavy atom. The van der Waals surface area contributed by atoms with Crippen LogP contribution in [0.1, 0.15) is 63.9 Å². The third-order valence-electron chi connectivity index (χ3n) is 10.6. The minimum Gasteiger partial charge on any atom is -0.351 e. The largest absolute Gasteiger partial charge is 0.351 e. The maximum atomic E-state index is 13.8. The highest BCUT2D eigenvalue weighted by atomic mass is 16.2. The van der Waals surface area contributed by atoms with Gasteiger partial charge in [0.1, 0.15) is 0 Å². The van der Waals surface area contributed by atoms with Crippen molar-refractivity contribution in [3.63, 3.8) is 0 Å². The molecule has 6 aliphatic rings. The second kappa shape index (κ2) is 4.86. The Morgan fingerprint density at radius 1 is 1.04 bits per heavy atom. The van der Waals surface area contributed by atoms with Gasteiger partial charge in [0.15, 0.2) is 0 Å². The van der Waals surface area contributed by atoms with E-state index in [0.717, 1.165) is 37.6 Å². The molecule has 7 rings (SSSR count). The molecule has 5 bridgehead atoms. The molecule has 3 heteroatoms. The minimum absolute atomic E-state index is 0.116. The van der Waals surface area contributed by atoms with Crippen LogP contribution in [0, 0.1) is 28.1 Å². The van der Waals surface area contributed by atoms with Gasteiger partial charge in [0, 0.05) is 17.5 Å². The molecule has 1 aromatic rings. The zero-order chi connectivity index (χ0) is 18.8. The average Bonchev–Trinajstić information content (AvgIpc) is 3.37. The first-order chi connectivity index (χ1) is 13.5. The summed E-state index contributed by atoms with van der Waals surface area (Å²) in [4.78, 5) is 13.8. The monoisotopic (exact) mass is 376 g/mol. The highest BCUT2D eigenvalue weighted by molar-refractivity contribution is 5.85. The second-order valence-electron chi connectivity index (χ2n) is 11.8. The van der Waals surface area contributed by atoms with Crippen LogP contribution in [0.5, 0.6) is 0 Å². The number of carbonyl (C=O) groups is 1. The highest BCUT2D eigenvalue weighted by Gasteiger charge is 2.83. The maximum absolute atomic E-state index is 13.8. The minimum atomic E-state index is -0.116. The fraction of sp³-hybridized carbons (Fsp3) is 0.720. The molecule has 1 aliphatic heterocycles. The van der Waals surface area contributed by atoms with Crippen LogP contribution in [-0.2, 0) is 10.2 Å². The molecule has 1 spiro atoms. The maximum Gasteiger partial charge on any atom is 0.226 e. The van der Waals surface area contributed by atoms with Crippen molar-refractivity contribution in [2.24, 2.45) is 28.1 Å². The smallest absolute Gasteiger partial charge is 0.226 e. The molecule has 1 amide bonds. The van der Waals surface area contributed by atoms with E-state index in [0.29, 0.717) is 28.8 Å². The summed E-state index contributed by atoms with van der Waals surface area (Å²) < 4.78 is 0. The van der Waals surface area contributed by atoms with Crippen molar-refractivity contribution < 1.29 is 4.79 Å². The van der Waals surface area contributed by atoms with Crippen LogP contribution < -0.4 is 10.6 Å². The zero-order valence-corrected chi connectivity index (χ0v) is 17.0. The number of piperidine rings is 1. The number of hydrogen-bond acceptors (Lipinski definition) is 2. The van der Waals surface area contributed by atoms with Crippen LogP contribution in [0.4, 0.5) is 0 Å². The van der Waals surface area contributed by atoms with E-state index in [-0.39, 0.29) is 10.8 Å². The summed E-state index contributed by atoms with van der Waals surface area (Å²) >= 11 is 0. The zero-order valence-electron chi connectivity index (χ0n) is 17.0. The number of hydrogen-bond donors (Lipinski definition) is 2. The molecular weight excluding hydrogens is 344 g/mol. The Bertz CT molecular complexity index is 869. The quantitative estimate of drug-likeness (QED) is 0.843. The van der Waals surface area contributed by atoms with Crippen molar-refractivity contribution in [3.8, 4) is 0 Å². The molecule has 28 heavy (non-hydrogen) atoms. The highest BCUT2D eigenvalue weighted by Crippen LogP contribution is 2.88. The number of carbonyl (C=O) groups excluding carboxylic acids is 1. The molecule has 8 unspecified atom stereocenters. The molecule has 5 aliphatic carbocycles. The van der Waals surface area contributed by atoms with Gasteiger partial charge in [0.25, 0.3) is 0 Å². The first kappa shape index (κ1) is 16.4. The summed E-state index contributed by atoms with van der Waals surface area (Å²) in [6.07, 6.45) is 9.84. The number of nitrogens with one attached hydrogen (secondary N) is 2. The third-order valence-corrected chi connectivity index (χ3v) is 10.6. The van der Waals surface area contributed by atoms with E-state index in [9.17, 15) is 4.79 Å². The number of amides is 1. The Kier molecular flexibility index (Phi) is 2.85. The van der Waals surface area contributed by atoms with Gasteiger partial charge in [-0.15, -0.1) is 0 Å². The molecule has 1 heterocycles. The van der Waals surface area contributed by atoms with Gasteiger partial charge in [-0.05, 0) is 86.1 Å². The molecule has 2 N–H and O–H groups in total. The number of fused-ring (bicyclic) bond motifs is 4. The Hall–Kier alpha value is -1.35. The van der Waals surface area contributed by atoms with Crippen molar-refractivity contribution >= 4 is 5.91 Å². The molecule has 1 aromatic carbocycles. The third kappa shape index (κ3) is 1.68. The predicted molar refractivity (Wildman–Crippen MR) is 109 cm³/mol. The van der Waals surface area contributed by atoms with Gasteiger partial charge in [-0.1, -0.05) is 37.3 Å². The van der Waals surface area contributed by atoms with Crippen molar-refractivity contribution in [1.29, 1.82) is 0 Å². The van der Waals surface area contributed by atoms with Crippen LogP contribution >= 0.6 is 0 Å². The first-order valence-corrected chi connectivity index (χ1v) is 11.6. The van der Waals surface area contributed by atoms with E-state index in [1.807, 2.05) is 0 Å². The van der Waals surface area contributed by atoms with E-state index in [1.165, 1.54) is 37.7 Å². The molecule has 6 fully saturated rings. The van der Waals surface area contributed by atoms with Crippen LogP contribution in [0.3, 0.4) is 0 Å². The van der Waals surface area contributed by atoms with E-state index >= 15 is 0 Å². The van der Waals surface area contributed by atoms with Gasteiger partial charge in [-0.25, -0.2) is 0 Å². The summed E-state index contributed by atoms with van der Waals surface area (Å²) in [5, 5.41) is 7.21. The molecule has 1 saturated heterocycles. The van der Waals surface area contributed by atoms with Crippen LogP contribution in [0.15, 0.2) is 30.3 Å². The van der Waals surface area contributed by atoms with Crippen molar-refractivity contribution in [2.75, 3.05) is 6.54 Å². The van der Waals surface area contributed by atoms with Gasteiger partial charge < -0.3 is 10.6 Å². The molecule has 3 nitrogen and oxygen atoms in total. The Labute approximate surface area is 168 Å². The molecular formula is C25H32N2O. The van der Waals surface area contributed by atoms with Crippen molar-refractivity contribution in [2.45, 2.75) is 75.8 Å². The van der Waals surface area contributed by atoms with Gasteiger partial charge in [-0.3, -0.25) is 4.79 Å². The van der Waals surface area contributed by atoms with Gasteiger partial charge in [-0.2, -0.15) is 0 Å². The summed E-state index contributed by atoms with van der Waals surface area (Å²) in [7, 11) is 0.